The van der Waals surface area contributed by atoms with Crippen molar-refractivity contribution >= 4 is 29.5 Å². The van der Waals surface area contributed by atoms with Crippen molar-refractivity contribution in [2.75, 3.05) is 39.3 Å². The molecule has 1 aliphatic carbocycles. The Bertz CT molecular complexity index is 1520. The second-order valence-electron chi connectivity index (χ2n) is 13.3. The molecule has 3 heterocycles. The number of benzene rings is 2. The maximum absolute atomic E-state index is 13.7. The van der Waals surface area contributed by atoms with Gasteiger partial charge in [0.1, 0.15) is 17.9 Å². The summed E-state index contributed by atoms with van der Waals surface area (Å²) in [5.41, 5.74) is 1.71. The van der Waals surface area contributed by atoms with E-state index in [1.54, 1.807) is 30.3 Å². The van der Waals surface area contributed by atoms with E-state index in [9.17, 15) is 19.6 Å². The Morgan fingerprint density at radius 3 is 2.28 bits per heavy atom. The molecule has 1 N–H and O–H groups in total. The Balaban J connectivity index is 1.11. The molecule has 2 aromatic rings. The van der Waals surface area contributed by atoms with E-state index in [2.05, 4.69) is 38.7 Å². The zero-order valence-corrected chi connectivity index (χ0v) is 25.6. The molecular formula is C32H36ClN5O5. The third-order valence-corrected chi connectivity index (χ3v) is 10.1. The maximum Gasteiger partial charge on any atom is 0.407 e. The van der Waals surface area contributed by atoms with Gasteiger partial charge in [-0.3, -0.25) is 14.5 Å². The molecule has 4 aliphatic rings. The third kappa shape index (κ3) is 4.79. The number of hydrogen-bond donors (Lipinski definition) is 1. The van der Waals surface area contributed by atoms with Crippen LogP contribution in [0.3, 0.4) is 0 Å². The number of amides is 3. The number of fused-ring (bicyclic) bond motifs is 1. The monoisotopic (exact) mass is 605 g/mol. The number of nitriles is 1. The lowest BCUT2D eigenvalue weighted by molar-refractivity contribution is -0.199. The summed E-state index contributed by atoms with van der Waals surface area (Å²) in [5, 5.41) is 18.6. The Kier molecular flexibility index (Phi) is 7.09. The van der Waals surface area contributed by atoms with Crippen LogP contribution in [0.2, 0.25) is 5.02 Å². The van der Waals surface area contributed by atoms with Gasteiger partial charge in [-0.1, -0.05) is 39.3 Å². The molecule has 3 fully saturated rings. The SMILES string of the molecule is CC1(C)[C@H](Oc2ccc(C#N)c(Cl)c2)C(C)(C)[C@H]1N1Cc2cc(C(=O)N3CCN(C4CN(C(=O)O)C4)CC3)ccc2C1=O. The molecule has 2 saturated heterocycles. The molecule has 3 amide bonds. The smallest absolute Gasteiger partial charge is 0.407 e. The lowest BCUT2D eigenvalue weighted by Gasteiger charge is -2.65. The number of piperazine rings is 1. The van der Waals surface area contributed by atoms with Crippen molar-refractivity contribution in [2.45, 2.75) is 52.4 Å². The van der Waals surface area contributed by atoms with Crippen molar-refractivity contribution in [3.05, 3.63) is 63.7 Å². The summed E-state index contributed by atoms with van der Waals surface area (Å²) in [6.45, 7) is 12.5. The Morgan fingerprint density at radius 1 is 1.00 bits per heavy atom. The summed E-state index contributed by atoms with van der Waals surface area (Å²) in [6.07, 6.45) is -1.08. The van der Waals surface area contributed by atoms with Gasteiger partial charge in [-0.15, -0.1) is 0 Å². The third-order valence-electron chi connectivity index (χ3n) is 9.82. The fraction of sp³-hybridized carbons (Fsp3) is 0.500. The highest BCUT2D eigenvalue weighted by atomic mass is 35.5. The Morgan fingerprint density at radius 2 is 1.67 bits per heavy atom. The van der Waals surface area contributed by atoms with E-state index in [0.29, 0.717) is 73.3 Å². The number of carbonyl (C=O) groups excluding carboxylic acids is 2. The predicted octanol–water partition coefficient (Wildman–Crippen LogP) is 4.17. The van der Waals surface area contributed by atoms with Crippen molar-refractivity contribution < 1.29 is 24.2 Å². The van der Waals surface area contributed by atoms with Gasteiger partial charge in [0.15, 0.2) is 0 Å². The number of carbonyl (C=O) groups is 3. The largest absolute Gasteiger partial charge is 0.489 e. The highest BCUT2D eigenvalue weighted by molar-refractivity contribution is 6.31. The van der Waals surface area contributed by atoms with Gasteiger partial charge < -0.3 is 24.5 Å². The van der Waals surface area contributed by atoms with Crippen LogP contribution in [0, 0.1) is 22.2 Å². The first kappa shape index (κ1) is 29.3. The van der Waals surface area contributed by atoms with Gasteiger partial charge in [0, 0.05) is 85.9 Å². The number of halogens is 1. The first-order valence-corrected chi connectivity index (χ1v) is 15.0. The summed E-state index contributed by atoms with van der Waals surface area (Å²) < 4.78 is 6.42. The van der Waals surface area contributed by atoms with E-state index in [-0.39, 0.29) is 40.8 Å². The summed E-state index contributed by atoms with van der Waals surface area (Å²) in [7, 11) is 0. The average Bonchev–Trinajstić information content (AvgIpc) is 3.24. The Labute approximate surface area is 256 Å². The van der Waals surface area contributed by atoms with Crippen molar-refractivity contribution in [1.82, 2.24) is 19.6 Å². The normalized spacial score (nSPS) is 24.6. The van der Waals surface area contributed by atoms with Gasteiger partial charge in [0.25, 0.3) is 11.8 Å². The van der Waals surface area contributed by atoms with E-state index < -0.39 is 6.09 Å². The number of carboxylic acid groups (broad SMARTS) is 1. The second-order valence-corrected chi connectivity index (χ2v) is 13.7. The van der Waals surface area contributed by atoms with Gasteiger partial charge in [0.05, 0.1) is 10.6 Å². The average molecular weight is 606 g/mol. The van der Waals surface area contributed by atoms with E-state index in [1.165, 1.54) is 4.90 Å². The molecule has 0 spiro atoms. The minimum Gasteiger partial charge on any atom is -0.489 e. The molecule has 11 heteroatoms. The minimum absolute atomic E-state index is 0.0375. The molecule has 1 saturated carbocycles. The number of nitrogens with zero attached hydrogens (tertiary/aromatic N) is 5. The van der Waals surface area contributed by atoms with Gasteiger partial charge in [-0.25, -0.2) is 4.79 Å². The molecule has 2 aromatic carbocycles. The van der Waals surface area contributed by atoms with E-state index in [1.807, 2.05) is 15.9 Å². The highest BCUT2D eigenvalue weighted by Crippen LogP contribution is 2.59. The molecule has 0 bridgehead atoms. The highest BCUT2D eigenvalue weighted by Gasteiger charge is 2.67. The maximum atomic E-state index is 13.7. The lowest BCUT2D eigenvalue weighted by Crippen LogP contribution is -2.74. The molecule has 6 rings (SSSR count). The quantitative estimate of drug-likeness (QED) is 0.544. The summed E-state index contributed by atoms with van der Waals surface area (Å²) in [6, 6.07) is 12.6. The van der Waals surface area contributed by atoms with Crippen LogP contribution in [0.15, 0.2) is 36.4 Å². The Hall–Kier alpha value is -3.81. The summed E-state index contributed by atoms with van der Waals surface area (Å²) in [4.78, 5) is 45.6. The topological polar surface area (TPSA) is 117 Å². The van der Waals surface area contributed by atoms with E-state index in [0.717, 1.165) is 5.56 Å². The fourth-order valence-electron chi connectivity index (χ4n) is 8.01. The van der Waals surface area contributed by atoms with Crippen molar-refractivity contribution in [2.24, 2.45) is 10.8 Å². The number of rotatable bonds is 5. The zero-order valence-electron chi connectivity index (χ0n) is 24.8. The van der Waals surface area contributed by atoms with Crippen LogP contribution in [0.1, 0.15) is 59.5 Å². The van der Waals surface area contributed by atoms with Gasteiger partial charge in [-0.05, 0) is 35.9 Å². The van der Waals surface area contributed by atoms with Crippen molar-refractivity contribution in [3.63, 3.8) is 0 Å². The molecule has 0 aromatic heterocycles. The van der Waals surface area contributed by atoms with Crippen molar-refractivity contribution in [1.29, 1.82) is 5.26 Å². The van der Waals surface area contributed by atoms with Crippen LogP contribution < -0.4 is 4.74 Å². The zero-order chi connectivity index (χ0) is 30.8. The summed E-state index contributed by atoms with van der Waals surface area (Å²) >= 11 is 6.24. The van der Waals surface area contributed by atoms with Crippen LogP contribution in [-0.2, 0) is 6.54 Å². The fourth-order valence-corrected chi connectivity index (χ4v) is 8.22. The summed E-state index contributed by atoms with van der Waals surface area (Å²) in [5.74, 6) is 0.501. The van der Waals surface area contributed by atoms with E-state index >= 15 is 0 Å². The minimum atomic E-state index is -0.884. The predicted molar refractivity (Wildman–Crippen MR) is 159 cm³/mol. The molecule has 0 atom stereocenters. The van der Waals surface area contributed by atoms with Gasteiger partial charge >= 0.3 is 6.09 Å². The molecule has 0 radical (unpaired) electrons. The van der Waals surface area contributed by atoms with Crippen LogP contribution >= 0.6 is 11.6 Å². The molecule has 43 heavy (non-hydrogen) atoms. The lowest BCUT2D eigenvalue weighted by atomic mass is 9.49. The molecule has 10 nitrogen and oxygen atoms in total. The van der Waals surface area contributed by atoms with E-state index in [4.69, 9.17) is 21.4 Å². The number of ether oxygens (including phenoxy) is 1. The number of likely N-dealkylation sites (tertiary alicyclic amines) is 1. The molecular weight excluding hydrogens is 570 g/mol. The van der Waals surface area contributed by atoms with Gasteiger partial charge in [0.2, 0.25) is 0 Å². The second kappa shape index (κ2) is 10.4. The number of hydrogen-bond acceptors (Lipinski definition) is 6. The molecule has 3 aliphatic heterocycles. The standard InChI is InChI=1S/C32H36ClN5O5/c1-31(2)28(32(3,4)29(31)43-23-7-5-20(15-34)25(33)14-23)38-16-21-13-19(6-8-24(21)27(38)40)26(39)36-11-9-35(10-12-36)22-17-37(18-22)30(41)42/h5-8,13-14,22,28-29H,9-12,16-18H2,1-4H3,(H,41,42)/t28-,29-. The van der Waals surface area contributed by atoms with Crippen LogP contribution in [0.5, 0.6) is 5.75 Å². The van der Waals surface area contributed by atoms with Gasteiger partial charge in [-0.2, -0.15) is 5.26 Å². The molecule has 0 unspecified atom stereocenters. The first-order chi connectivity index (χ1) is 20.3. The van der Waals surface area contributed by atoms with Crippen molar-refractivity contribution in [3.8, 4) is 11.8 Å². The first-order valence-electron chi connectivity index (χ1n) is 14.6. The molecule has 226 valence electrons. The van der Waals surface area contributed by atoms with Crippen LogP contribution in [-0.4, -0.2) is 100 Å². The van der Waals surface area contributed by atoms with Crippen LogP contribution in [0.25, 0.3) is 0 Å². The van der Waals surface area contributed by atoms with Crippen LogP contribution in [0.4, 0.5) is 4.79 Å².